The van der Waals surface area contributed by atoms with Gasteiger partial charge in [0.25, 0.3) is 0 Å². The molecule has 26 heavy (non-hydrogen) atoms. The van der Waals surface area contributed by atoms with Gasteiger partial charge >= 0.3 is 0 Å². The molecule has 0 spiro atoms. The first-order valence-corrected chi connectivity index (χ1v) is 9.39. The van der Waals surface area contributed by atoms with Crippen LogP contribution in [0.3, 0.4) is 0 Å². The second kappa shape index (κ2) is 10.5. The van der Waals surface area contributed by atoms with Crippen molar-refractivity contribution in [2.45, 2.75) is 58.1 Å². The van der Waals surface area contributed by atoms with Crippen LogP contribution in [0.2, 0.25) is 0 Å². The van der Waals surface area contributed by atoms with Crippen molar-refractivity contribution in [2.75, 3.05) is 32.7 Å². The number of aliphatic imine (C=N–C) groups is 1. The molecule has 0 aliphatic carbocycles. The number of nitrogens with one attached hydrogen (secondary N) is 2. The number of likely N-dealkylation sites (tertiary alicyclic amines) is 1. The fourth-order valence-electron chi connectivity index (χ4n) is 3.14. The van der Waals surface area contributed by atoms with Gasteiger partial charge in [0.2, 0.25) is 0 Å². The van der Waals surface area contributed by atoms with Crippen molar-refractivity contribution < 1.29 is 9.52 Å². The molecule has 7 heteroatoms. The molecule has 0 bridgehead atoms. The molecule has 1 fully saturated rings. The predicted molar refractivity (Wildman–Crippen MR) is 117 cm³/mol. The highest BCUT2D eigenvalue weighted by Crippen LogP contribution is 2.21. The fraction of sp³-hybridized carbons (Fsp3) is 0.737. The van der Waals surface area contributed by atoms with E-state index in [2.05, 4.69) is 29.4 Å². The lowest BCUT2D eigenvalue weighted by Crippen LogP contribution is -2.50. The van der Waals surface area contributed by atoms with Gasteiger partial charge in [0.05, 0.1) is 19.4 Å². The molecule has 1 aliphatic rings. The molecule has 2 rings (SSSR count). The molecule has 1 aromatic heterocycles. The van der Waals surface area contributed by atoms with E-state index in [4.69, 9.17) is 9.41 Å². The number of furan rings is 1. The average Bonchev–Trinajstić information content (AvgIpc) is 3.14. The third-order valence-electron chi connectivity index (χ3n) is 4.83. The summed E-state index contributed by atoms with van der Waals surface area (Å²) >= 11 is 0. The molecular weight excluding hydrogens is 443 g/mol. The molecule has 1 saturated heterocycles. The number of nitrogens with zero attached hydrogens (tertiary/aromatic N) is 2. The van der Waals surface area contributed by atoms with Crippen LogP contribution in [0.4, 0.5) is 0 Å². The van der Waals surface area contributed by atoms with Crippen molar-refractivity contribution in [3.63, 3.8) is 0 Å². The molecule has 1 atom stereocenters. The molecule has 3 N–H and O–H groups in total. The molecule has 0 aromatic carbocycles. The minimum absolute atomic E-state index is 0. The van der Waals surface area contributed by atoms with E-state index in [1.165, 1.54) is 19.3 Å². The second-order valence-electron chi connectivity index (χ2n) is 7.66. The molecule has 0 radical (unpaired) electrons. The summed E-state index contributed by atoms with van der Waals surface area (Å²) in [6.07, 6.45) is 5.46. The van der Waals surface area contributed by atoms with Gasteiger partial charge in [-0.1, -0.05) is 6.42 Å². The van der Waals surface area contributed by atoms with E-state index in [1.54, 1.807) is 25.3 Å². The van der Waals surface area contributed by atoms with Gasteiger partial charge < -0.3 is 20.2 Å². The summed E-state index contributed by atoms with van der Waals surface area (Å²) in [5.74, 6) is 1.27. The highest BCUT2D eigenvalue weighted by atomic mass is 127. The normalized spacial score (nSPS) is 18.7. The second-order valence-corrected chi connectivity index (χ2v) is 7.66. The molecule has 6 nitrogen and oxygen atoms in total. The zero-order valence-electron chi connectivity index (χ0n) is 16.5. The van der Waals surface area contributed by atoms with Crippen molar-refractivity contribution in [3.05, 3.63) is 24.2 Å². The molecule has 2 heterocycles. The Hall–Kier alpha value is -0.800. The number of hydrogen-bond donors (Lipinski definition) is 3. The lowest BCUT2D eigenvalue weighted by molar-refractivity contribution is 0.0385. The van der Waals surface area contributed by atoms with Crippen molar-refractivity contribution in [1.29, 1.82) is 0 Å². The Morgan fingerprint density at radius 3 is 2.50 bits per heavy atom. The van der Waals surface area contributed by atoms with Gasteiger partial charge in [-0.15, -0.1) is 24.0 Å². The minimum atomic E-state index is -1.08. The Morgan fingerprint density at radius 2 is 1.92 bits per heavy atom. The third kappa shape index (κ3) is 6.74. The first-order chi connectivity index (χ1) is 11.8. The van der Waals surface area contributed by atoms with Crippen LogP contribution in [0.1, 0.15) is 52.7 Å². The SMILES string of the molecule is CCNC(=NCC(C)(C)N1CCCCC1)NCC(C)(O)c1ccco1.I. The maximum Gasteiger partial charge on any atom is 0.191 e. The van der Waals surface area contributed by atoms with Gasteiger partial charge in [0, 0.05) is 12.1 Å². The number of aliphatic hydroxyl groups is 1. The molecular formula is C19H35IN4O2. The Bertz CT molecular complexity index is 538. The van der Waals surface area contributed by atoms with E-state index in [0.717, 1.165) is 25.6 Å². The van der Waals surface area contributed by atoms with Crippen LogP contribution in [0.25, 0.3) is 0 Å². The molecule has 0 amide bonds. The van der Waals surface area contributed by atoms with Crippen LogP contribution in [-0.2, 0) is 5.60 Å². The van der Waals surface area contributed by atoms with Crippen LogP contribution in [-0.4, -0.2) is 54.2 Å². The van der Waals surface area contributed by atoms with E-state index < -0.39 is 5.60 Å². The van der Waals surface area contributed by atoms with Gasteiger partial charge in [0.15, 0.2) is 5.96 Å². The smallest absolute Gasteiger partial charge is 0.191 e. The minimum Gasteiger partial charge on any atom is -0.466 e. The lowest BCUT2D eigenvalue weighted by atomic mass is 9.99. The van der Waals surface area contributed by atoms with Gasteiger partial charge in [0.1, 0.15) is 11.4 Å². The summed E-state index contributed by atoms with van der Waals surface area (Å²) in [5.41, 5.74) is -1.05. The average molecular weight is 478 g/mol. The largest absolute Gasteiger partial charge is 0.466 e. The maximum absolute atomic E-state index is 10.6. The lowest BCUT2D eigenvalue weighted by Gasteiger charge is -2.40. The summed E-state index contributed by atoms with van der Waals surface area (Å²) in [5, 5.41) is 17.1. The summed E-state index contributed by atoms with van der Waals surface area (Å²) in [7, 11) is 0. The Kier molecular flexibility index (Phi) is 9.40. The fourth-order valence-corrected chi connectivity index (χ4v) is 3.14. The molecule has 0 saturated carbocycles. The predicted octanol–water partition coefficient (Wildman–Crippen LogP) is 2.92. The summed E-state index contributed by atoms with van der Waals surface area (Å²) in [4.78, 5) is 7.29. The Balaban J connectivity index is 0.00000338. The van der Waals surface area contributed by atoms with E-state index in [-0.39, 0.29) is 29.5 Å². The van der Waals surface area contributed by atoms with Gasteiger partial charge in [-0.3, -0.25) is 9.89 Å². The standard InChI is InChI=1S/C19H34N4O2.HI/c1-5-20-17(22-15-19(4,24)16-10-9-13-25-16)21-14-18(2,3)23-11-7-6-8-12-23;/h9-10,13,24H,5-8,11-12,14-15H2,1-4H3,(H2,20,21,22);1H. The zero-order valence-corrected chi connectivity index (χ0v) is 18.9. The number of halogens is 1. The van der Waals surface area contributed by atoms with Crippen molar-refractivity contribution >= 4 is 29.9 Å². The van der Waals surface area contributed by atoms with Crippen LogP contribution in [0.5, 0.6) is 0 Å². The summed E-state index contributed by atoms with van der Waals surface area (Å²) in [6.45, 7) is 12.4. The van der Waals surface area contributed by atoms with E-state index in [9.17, 15) is 5.11 Å². The quantitative estimate of drug-likeness (QED) is 0.320. The summed E-state index contributed by atoms with van der Waals surface area (Å²) < 4.78 is 5.33. The number of piperidine rings is 1. The molecule has 1 aliphatic heterocycles. The highest BCUT2D eigenvalue weighted by molar-refractivity contribution is 14.0. The van der Waals surface area contributed by atoms with Gasteiger partial charge in [-0.2, -0.15) is 0 Å². The Labute approximate surface area is 174 Å². The van der Waals surface area contributed by atoms with Crippen molar-refractivity contribution in [1.82, 2.24) is 15.5 Å². The van der Waals surface area contributed by atoms with E-state index in [1.807, 2.05) is 6.92 Å². The van der Waals surface area contributed by atoms with Crippen LogP contribution >= 0.6 is 24.0 Å². The topological polar surface area (TPSA) is 73.0 Å². The van der Waals surface area contributed by atoms with E-state index >= 15 is 0 Å². The first kappa shape index (κ1) is 23.2. The van der Waals surface area contributed by atoms with Crippen molar-refractivity contribution in [2.24, 2.45) is 4.99 Å². The molecule has 1 unspecified atom stereocenters. The highest BCUT2D eigenvalue weighted by Gasteiger charge is 2.29. The number of hydrogen-bond acceptors (Lipinski definition) is 4. The van der Waals surface area contributed by atoms with Crippen LogP contribution in [0.15, 0.2) is 27.8 Å². The van der Waals surface area contributed by atoms with Crippen molar-refractivity contribution in [3.8, 4) is 0 Å². The zero-order chi connectivity index (χ0) is 18.3. The first-order valence-electron chi connectivity index (χ1n) is 9.39. The Morgan fingerprint density at radius 1 is 1.23 bits per heavy atom. The van der Waals surface area contributed by atoms with Crippen LogP contribution < -0.4 is 10.6 Å². The van der Waals surface area contributed by atoms with Gasteiger partial charge in [-0.25, -0.2) is 0 Å². The van der Waals surface area contributed by atoms with E-state index in [0.29, 0.717) is 18.8 Å². The third-order valence-corrected chi connectivity index (χ3v) is 4.83. The summed E-state index contributed by atoms with van der Waals surface area (Å²) in [6, 6.07) is 3.56. The number of guanidine groups is 1. The monoisotopic (exact) mass is 478 g/mol. The maximum atomic E-state index is 10.6. The number of rotatable bonds is 7. The van der Waals surface area contributed by atoms with Crippen LogP contribution in [0, 0.1) is 0 Å². The van der Waals surface area contributed by atoms with Gasteiger partial charge in [-0.05, 0) is 65.8 Å². The molecule has 1 aromatic rings. The molecule has 150 valence electrons.